The second kappa shape index (κ2) is 10.5. The molecule has 3 rings (SSSR count). The lowest BCUT2D eigenvalue weighted by molar-refractivity contribution is -0.197. The number of alkyl halides is 3. The number of ether oxygens (including phenoxy) is 2. The molecule has 3 aromatic carbocycles. The fourth-order valence-electron chi connectivity index (χ4n) is 3.01. The maximum atomic E-state index is 13.2. The molecule has 0 aliphatic carbocycles. The van der Waals surface area contributed by atoms with Crippen LogP contribution in [-0.4, -0.2) is 42.9 Å². The summed E-state index contributed by atoms with van der Waals surface area (Å²) in [6.07, 6.45) is -8.34. The molecule has 14 heteroatoms. The third kappa shape index (κ3) is 6.82. The van der Waals surface area contributed by atoms with Crippen molar-refractivity contribution in [3.8, 4) is 5.75 Å². The van der Waals surface area contributed by atoms with Gasteiger partial charge < -0.3 is 9.47 Å². The number of esters is 2. The standard InChI is InChI=1S/C21H12Br3F3O7S/c22-10-7-14(23)18(15(24)8-10)20(29)33-16-6-5-13(11-3-1-2-4-12(11)16)19(28)34-17(21(25,26)27)9-35(30,31)32/h1-8,17H,9H2,(H,30,31,32). The molecule has 1 N–H and O–H groups in total. The molecule has 35 heavy (non-hydrogen) atoms. The molecule has 0 radical (unpaired) electrons. The molecular formula is C21H12Br3F3O7S. The molecule has 0 spiro atoms. The molecule has 7 nitrogen and oxygen atoms in total. The molecule has 0 aromatic heterocycles. The lowest BCUT2D eigenvalue weighted by atomic mass is 10.0. The Bertz CT molecular complexity index is 1400. The van der Waals surface area contributed by atoms with Crippen LogP contribution in [0.15, 0.2) is 61.9 Å². The minimum absolute atomic E-state index is 0.00850. The van der Waals surface area contributed by atoms with Crippen LogP contribution in [-0.2, 0) is 14.9 Å². The van der Waals surface area contributed by atoms with E-state index in [0.29, 0.717) is 13.4 Å². The summed E-state index contributed by atoms with van der Waals surface area (Å²) >= 11 is 9.84. The third-order valence-electron chi connectivity index (χ3n) is 4.49. The monoisotopic (exact) mass is 702 g/mol. The zero-order chi connectivity index (χ0) is 26.1. The molecule has 0 aliphatic rings. The van der Waals surface area contributed by atoms with Crippen molar-refractivity contribution in [3.63, 3.8) is 0 Å². The fraction of sp³-hybridized carbons (Fsp3) is 0.143. The first-order valence-corrected chi connectivity index (χ1v) is 13.3. The van der Waals surface area contributed by atoms with Gasteiger partial charge in [0, 0.05) is 18.8 Å². The van der Waals surface area contributed by atoms with Crippen molar-refractivity contribution in [2.75, 3.05) is 5.75 Å². The van der Waals surface area contributed by atoms with Gasteiger partial charge in [-0.05, 0) is 61.5 Å². The normalized spacial score (nSPS) is 12.9. The van der Waals surface area contributed by atoms with Crippen molar-refractivity contribution in [3.05, 3.63) is 73.1 Å². The Hall–Kier alpha value is -2.00. The lowest BCUT2D eigenvalue weighted by Crippen LogP contribution is -2.39. The Kier molecular flexibility index (Phi) is 8.31. The van der Waals surface area contributed by atoms with E-state index >= 15 is 0 Å². The summed E-state index contributed by atoms with van der Waals surface area (Å²) in [7, 11) is -5.10. The van der Waals surface area contributed by atoms with E-state index in [1.807, 2.05) is 0 Å². The van der Waals surface area contributed by atoms with Crippen molar-refractivity contribution < 1.29 is 45.2 Å². The van der Waals surface area contributed by atoms with Crippen LogP contribution in [0.2, 0.25) is 0 Å². The van der Waals surface area contributed by atoms with Gasteiger partial charge in [0.1, 0.15) is 11.5 Å². The van der Waals surface area contributed by atoms with E-state index in [1.165, 1.54) is 24.3 Å². The molecule has 0 fully saturated rings. The zero-order valence-electron chi connectivity index (χ0n) is 17.0. The highest BCUT2D eigenvalue weighted by atomic mass is 79.9. The van der Waals surface area contributed by atoms with Crippen LogP contribution in [0.25, 0.3) is 10.8 Å². The first-order valence-electron chi connectivity index (χ1n) is 9.28. The number of benzene rings is 3. The first kappa shape index (κ1) is 27.6. The number of rotatable bonds is 6. The number of fused-ring (bicyclic) bond motifs is 1. The number of carbonyl (C=O) groups is 2. The number of hydrogen-bond donors (Lipinski definition) is 1. The molecule has 0 amide bonds. The summed E-state index contributed by atoms with van der Waals surface area (Å²) in [6, 6.07) is 11.4. The molecule has 3 aromatic rings. The van der Waals surface area contributed by atoms with Gasteiger partial charge in [-0.2, -0.15) is 21.6 Å². The van der Waals surface area contributed by atoms with Crippen LogP contribution in [0.5, 0.6) is 5.75 Å². The van der Waals surface area contributed by atoms with Crippen LogP contribution in [0.1, 0.15) is 20.7 Å². The Morgan fingerprint density at radius 3 is 2.06 bits per heavy atom. The van der Waals surface area contributed by atoms with Gasteiger partial charge >= 0.3 is 18.1 Å². The first-order chi connectivity index (χ1) is 16.2. The highest BCUT2D eigenvalue weighted by molar-refractivity contribution is 9.11. The second-order valence-electron chi connectivity index (χ2n) is 6.97. The van der Waals surface area contributed by atoms with E-state index in [9.17, 15) is 31.2 Å². The summed E-state index contributed by atoms with van der Waals surface area (Å²) < 4.78 is 81.7. The Balaban J connectivity index is 1.97. The van der Waals surface area contributed by atoms with E-state index in [2.05, 4.69) is 52.5 Å². The molecule has 0 saturated carbocycles. The van der Waals surface area contributed by atoms with Crippen molar-refractivity contribution >= 4 is 80.6 Å². The van der Waals surface area contributed by atoms with Crippen LogP contribution in [0.4, 0.5) is 13.2 Å². The third-order valence-corrected chi connectivity index (χ3v) is 6.93. The largest absolute Gasteiger partial charge is 0.448 e. The van der Waals surface area contributed by atoms with Crippen LogP contribution in [0.3, 0.4) is 0 Å². The van der Waals surface area contributed by atoms with Gasteiger partial charge in [-0.15, -0.1) is 0 Å². The maximum Gasteiger partial charge on any atom is 0.426 e. The zero-order valence-corrected chi connectivity index (χ0v) is 22.6. The lowest BCUT2D eigenvalue weighted by Gasteiger charge is -2.20. The number of hydrogen-bond acceptors (Lipinski definition) is 6. The Morgan fingerprint density at radius 1 is 0.943 bits per heavy atom. The molecule has 1 atom stereocenters. The number of carbonyl (C=O) groups excluding carboxylic acids is 2. The summed E-state index contributed by atoms with van der Waals surface area (Å²) in [6.45, 7) is 0. The fourth-order valence-corrected chi connectivity index (χ4v) is 6.23. The van der Waals surface area contributed by atoms with Gasteiger partial charge in [-0.3, -0.25) is 4.55 Å². The smallest absolute Gasteiger partial charge is 0.426 e. The summed E-state index contributed by atoms with van der Waals surface area (Å²) in [5, 5.41) is 0.294. The quantitative estimate of drug-likeness (QED) is 0.182. The topological polar surface area (TPSA) is 107 Å². The summed E-state index contributed by atoms with van der Waals surface area (Å²) in [4.78, 5) is 25.4. The highest BCUT2D eigenvalue weighted by Gasteiger charge is 2.45. The van der Waals surface area contributed by atoms with Gasteiger partial charge in [0.25, 0.3) is 10.1 Å². The second-order valence-corrected chi connectivity index (χ2v) is 11.1. The average molecular weight is 705 g/mol. The van der Waals surface area contributed by atoms with E-state index in [4.69, 9.17) is 9.29 Å². The predicted molar refractivity (Wildman–Crippen MR) is 130 cm³/mol. The van der Waals surface area contributed by atoms with Crippen LogP contribution >= 0.6 is 47.8 Å². The van der Waals surface area contributed by atoms with Gasteiger partial charge in [0.05, 0.1) is 11.1 Å². The average Bonchev–Trinajstić information content (AvgIpc) is 2.71. The highest BCUT2D eigenvalue weighted by Crippen LogP contribution is 2.34. The minimum atomic E-state index is -5.25. The number of halogens is 6. The van der Waals surface area contributed by atoms with Crippen molar-refractivity contribution in [2.24, 2.45) is 0 Å². The van der Waals surface area contributed by atoms with Crippen LogP contribution < -0.4 is 4.74 Å². The molecular weight excluding hydrogens is 693 g/mol. The molecule has 1 unspecified atom stereocenters. The van der Waals surface area contributed by atoms with Gasteiger partial charge in [0.2, 0.25) is 6.10 Å². The van der Waals surface area contributed by atoms with Crippen molar-refractivity contribution in [2.45, 2.75) is 12.3 Å². The SMILES string of the molecule is O=C(Oc1ccc(C(=O)OC(CS(=O)(=O)O)C(F)(F)F)c2ccccc12)c1c(Br)cc(Br)cc1Br. The molecule has 186 valence electrons. The van der Waals surface area contributed by atoms with E-state index < -0.39 is 40.1 Å². The van der Waals surface area contributed by atoms with E-state index in [-0.39, 0.29) is 27.6 Å². The van der Waals surface area contributed by atoms with E-state index in [1.54, 1.807) is 18.2 Å². The van der Waals surface area contributed by atoms with Gasteiger partial charge in [-0.1, -0.05) is 40.2 Å². The van der Waals surface area contributed by atoms with E-state index in [0.717, 1.165) is 6.07 Å². The van der Waals surface area contributed by atoms with Crippen molar-refractivity contribution in [1.82, 2.24) is 0 Å². The van der Waals surface area contributed by atoms with Gasteiger partial charge in [0.15, 0.2) is 0 Å². The summed E-state index contributed by atoms with van der Waals surface area (Å²) in [5.41, 5.74) is -0.171. The minimum Gasteiger partial charge on any atom is -0.448 e. The summed E-state index contributed by atoms with van der Waals surface area (Å²) in [5.74, 6) is -4.09. The molecule has 0 bridgehead atoms. The van der Waals surface area contributed by atoms with Crippen LogP contribution in [0, 0.1) is 0 Å². The van der Waals surface area contributed by atoms with Gasteiger partial charge in [-0.25, -0.2) is 9.59 Å². The molecule has 0 aliphatic heterocycles. The molecule has 0 heterocycles. The Morgan fingerprint density at radius 2 is 1.51 bits per heavy atom. The predicted octanol–water partition coefficient (Wildman–Crippen LogP) is 6.32. The Labute approximate surface area is 221 Å². The molecule has 0 saturated heterocycles. The van der Waals surface area contributed by atoms with Crippen molar-refractivity contribution in [1.29, 1.82) is 0 Å². The maximum absolute atomic E-state index is 13.2.